The number of aromatic nitrogens is 4. The van der Waals surface area contributed by atoms with Crippen molar-refractivity contribution in [3.8, 4) is 34.3 Å². The number of thioether (sulfide) groups is 1. The van der Waals surface area contributed by atoms with Crippen LogP contribution in [0.15, 0.2) is 78.1 Å². The van der Waals surface area contributed by atoms with Crippen molar-refractivity contribution in [3.05, 3.63) is 72.9 Å². The first-order chi connectivity index (χ1) is 18.6. The standard InChI is InChI=1S/C28H27N5O4S/c1-4-37-19-11-9-18(10-12-19)30-26(34)17-38-28-32-31-27(22-16-29-23-8-6-5-7-21(22)23)33(28)24-15-20(35-2)13-14-25(24)36-3/h5-16,29H,4,17H2,1-3H3,(H,30,34). The SMILES string of the molecule is CCOc1ccc(NC(=O)CSc2nnc(-c3c[nH]c4ccccc34)n2-c2cc(OC)ccc2OC)cc1. The van der Waals surface area contributed by atoms with Gasteiger partial charge in [-0.05, 0) is 49.4 Å². The Hall–Kier alpha value is -4.44. The predicted octanol–water partition coefficient (Wildman–Crippen LogP) is 5.56. The van der Waals surface area contributed by atoms with Gasteiger partial charge in [0.2, 0.25) is 5.91 Å². The molecular weight excluding hydrogens is 502 g/mol. The largest absolute Gasteiger partial charge is 0.497 e. The van der Waals surface area contributed by atoms with Crippen molar-refractivity contribution in [1.82, 2.24) is 19.7 Å². The Morgan fingerprint density at radius 2 is 1.79 bits per heavy atom. The number of hydrogen-bond acceptors (Lipinski definition) is 7. The maximum Gasteiger partial charge on any atom is 0.234 e. The van der Waals surface area contributed by atoms with E-state index in [0.29, 0.717) is 40.5 Å². The van der Waals surface area contributed by atoms with Gasteiger partial charge in [-0.25, -0.2) is 0 Å². The smallest absolute Gasteiger partial charge is 0.234 e. The molecular formula is C28H27N5O4S. The molecule has 38 heavy (non-hydrogen) atoms. The molecule has 2 heterocycles. The minimum Gasteiger partial charge on any atom is -0.497 e. The van der Waals surface area contributed by atoms with Crippen LogP contribution in [-0.2, 0) is 4.79 Å². The van der Waals surface area contributed by atoms with Crippen LogP contribution < -0.4 is 19.5 Å². The normalized spacial score (nSPS) is 10.9. The molecule has 0 radical (unpaired) electrons. The van der Waals surface area contributed by atoms with Crippen molar-refractivity contribution in [2.24, 2.45) is 0 Å². The molecule has 2 N–H and O–H groups in total. The van der Waals surface area contributed by atoms with E-state index in [1.807, 2.05) is 84.4 Å². The van der Waals surface area contributed by atoms with E-state index in [-0.39, 0.29) is 11.7 Å². The van der Waals surface area contributed by atoms with Crippen LogP contribution in [0.2, 0.25) is 0 Å². The number of methoxy groups -OCH3 is 2. The summed E-state index contributed by atoms with van der Waals surface area (Å²) >= 11 is 1.28. The van der Waals surface area contributed by atoms with E-state index in [2.05, 4.69) is 20.5 Å². The fourth-order valence-electron chi connectivity index (χ4n) is 4.11. The lowest BCUT2D eigenvalue weighted by atomic mass is 10.1. The molecule has 0 fully saturated rings. The molecule has 0 bridgehead atoms. The minimum absolute atomic E-state index is 0.130. The zero-order valence-electron chi connectivity index (χ0n) is 21.2. The molecule has 0 aliphatic carbocycles. The molecule has 3 aromatic carbocycles. The number of carbonyl (C=O) groups excluding carboxylic acids is 1. The molecule has 2 aromatic heterocycles. The van der Waals surface area contributed by atoms with Crippen LogP contribution in [0.3, 0.4) is 0 Å². The Bertz CT molecular complexity index is 1560. The first-order valence-corrected chi connectivity index (χ1v) is 13.0. The van der Waals surface area contributed by atoms with Gasteiger partial charge >= 0.3 is 0 Å². The number of nitrogens with one attached hydrogen (secondary N) is 2. The van der Waals surface area contributed by atoms with Gasteiger partial charge in [0.25, 0.3) is 0 Å². The first-order valence-electron chi connectivity index (χ1n) is 12.0. The van der Waals surface area contributed by atoms with Gasteiger partial charge in [-0.2, -0.15) is 0 Å². The number of benzene rings is 3. The van der Waals surface area contributed by atoms with Gasteiger partial charge in [-0.1, -0.05) is 30.0 Å². The van der Waals surface area contributed by atoms with E-state index in [1.165, 1.54) is 11.8 Å². The molecule has 9 nitrogen and oxygen atoms in total. The van der Waals surface area contributed by atoms with Gasteiger partial charge in [0.05, 0.1) is 32.3 Å². The summed E-state index contributed by atoms with van der Waals surface area (Å²) < 4.78 is 18.5. The highest BCUT2D eigenvalue weighted by Crippen LogP contribution is 2.37. The van der Waals surface area contributed by atoms with Crippen molar-refractivity contribution in [1.29, 1.82) is 0 Å². The number of hydrogen-bond donors (Lipinski definition) is 2. The molecule has 0 spiro atoms. The summed E-state index contributed by atoms with van der Waals surface area (Å²) in [5.74, 6) is 2.61. The third kappa shape index (κ3) is 5.16. The molecule has 10 heteroatoms. The maximum atomic E-state index is 12.8. The van der Waals surface area contributed by atoms with Gasteiger partial charge < -0.3 is 24.5 Å². The number of carbonyl (C=O) groups is 1. The van der Waals surface area contributed by atoms with E-state index in [9.17, 15) is 4.79 Å². The average molecular weight is 530 g/mol. The maximum absolute atomic E-state index is 12.8. The lowest BCUT2D eigenvalue weighted by Gasteiger charge is -2.15. The van der Waals surface area contributed by atoms with Gasteiger partial charge in [0.15, 0.2) is 11.0 Å². The van der Waals surface area contributed by atoms with E-state index in [1.54, 1.807) is 14.2 Å². The summed E-state index contributed by atoms with van der Waals surface area (Å²) in [4.78, 5) is 16.1. The Morgan fingerprint density at radius 3 is 2.55 bits per heavy atom. The molecule has 5 aromatic rings. The Balaban J connectivity index is 1.48. The quantitative estimate of drug-likeness (QED) is 0.228. The molecule has 5 rings (SSSR count). The van der Waals surface area contributed by atoms with E-state index in [0.717, 1.165) is 22.2 Å². The van der Waals surface area contributed by atoms with Gasteiger partial charge in [-0.3, -0.25) is 9.36 Å². The highest BCUT2D eigenvalue weighted by molar-refractivity contribution is 7.99. The number of anilines is 1. The fraction of sp³-hybridized carbons (Fsp3) is 0.179. The van der Waals surface area contributed by atoms with Crippen LogP contribution in [0.5, 0.6) is 17.2 Å². The summed E-state index contributed by atoms with van der Waals surface area (Å²) in [6.45, 7) is 2.51. The van der Waals surface area contributed by atoms with Crippen LogP contribution in [0, 0.1) is 0 Å². The summed E-state index contributed by atoms with van der Waals surface area (Å²) in [5, 5.41) is 13.5. The number of ether oxygens (including phenoxy) is 3. The number of fused-ring (bicyclic) bond motifs is 1. The van der Waals surface area contributed by atoms with Crippen molar-refractivity contribution >= 4 is 34.3 Å². The Labute approximate surface area is 224 Å². The van der Waals surface area contributed by atoms with Gasteiger partial charge in [0.1, 0.15) is 17.2 Å². The second kappa shape index (κ2) is 11.3. The number of nitrogens with zero attached hydrogens (tertiary/aromatic N) is 3. The number of amides is 1. The zero-order valence-corrected chi connectivity index (χ0v) is 22.0. The second-order valence-electron chi connectivity index (χ2n) is 8.22. The number of para-hydroxylation sites is 1. The van der Waals surface area contributed by atoms with Crippen LogP contribution in [0.1, 0.15) is 6.92 Å². The van der Waals surface area contributed by atoms with Crippen LogP contribution in [0.25, 0.3) is 28.0 Å². The minimum atomic E-state index is -0.167. The second-order valence-corrected chi connectivity index (χ2v) is 9.16. The van der Waals surface area contributed by atoms with Gasteiger partial charge in [0, 0.05) is 34.4 Å². The highest BCUT2D eigenvalue weighted by atomic mass is 32.2. The van der Waals surface area contributed by atoms with Crippen molar-refractivity contribution in [2.75, 3.05) is 31.9 Å². The predicted molar refractivity (Wildman–Crippen MR) is 149 cm³/mol. The van der Waals surface area contributed by atoms with Crippen LogP contribution >= 0.6 is 11.8 Å². The van der Waals surface area contributed by atoms with E-state index >= 15 is 0 Å². The third-order valence-corrected chi connectivity index (χ3v) is 6.80. The topological polar surface area (TPSA) is 103 Å². The van der Waals surface area contributed by atoms with Crippen molar-refractivity contribution in [3.63, 3.8) is 0 Å². The van der Waals surface area contributed by atoms with Crippen molar-refractivity contribution in [2.45, 2.75) is 12.1 Å². The molecule has 0 atom stereocenters. The van der Waals surface area contributed by atoms with Crippen LogP contribution in [0.4, 0.5) is 5.69 Å². The first kappa shape index (κ1) is 25.2. The lowest BCUT2D eigenvalue weighted by molar-refractivity contribution is -0.113. The molecule has 0 saturated heterocycles. The molecule has 0 aliphatic rings. The summed E-state index contributed by atoms with van der Waals surface area (Å²) in [5.41, 5.74) is 3.25. The highest BCUT2D eigenvalue weighted by Gasteiger charge is 2.22. The van der Waals surface area contributed by atoms with Crippen molar-refractivity contribution < 1.29 is 19.0 Å². The zero-order chi connectivity index (χ0) is 26.5. The Morgan fingerprint density at radius 1 is 1.00 bits per heavy atom. The molecule has 0 aliphatic heterocycles. The Kier molecular flexibility index (Phi) is 7.50. The number of H-pyrrole nitrogens is 1. The summed E-state index contributed by atoms with van der Waals surface area (Å²) in [6.07, 6.45) is 1.91. The van der Waals surface area contributed by atoms with E-state index < -0.39 is 0 Å². The lowest BCUT2D eigenvalue weighted by Crippen LogP contribution is -2.14. The number of rotatable bonds is 10. The third-order valence-electron chi connectivity index (χ3n) is 5.87. The summed E-state index contributed by atoms with van der Waals surface area (Å²) in [7, 11) is 3.22. The fourth-order valence-corrected chi connectivity index (χ4v) is 4.86. The number of aromatic amines is 1. The van der Waals surface area contributed by atoms with Gasteiger partial charge in [-0.15, -0.1) is 10.2 Å². The van der Waals surface area contributed by atoms with Crippen LogP contribution in [-0.4, -0.2) is 52.2 Å². The molecule has 0 saturated carbocycles. The monoisotopic (exact) mass is 529 g/mol. The molecule has 194 valence electrons. The molecule has 1 amide bonds. The molecule has 0 unspecified atom stereocenters. The van der Waals surface area contributed by atoms with E-state index in [4.69, 9.17) is 14.2 Å². The average Bonchev–Trinajstić information content (AvgIpc) is 3.56. The summed E-state index contributed by atoms with van der Waals surface area (Å²) in [6, 6.07) is 20.8.